The highest BCUT2D eigenvalue weighted by molar-refractivity contribution is 6.31. The second-order valence-corrected chi connectivity index (χ2v) is 9.75. The number of benzene rings is 1. The van der Waals surface area contributed by atoms with E-state index < -0.39 is 0 Å². The van der Waals surface area contributed by atoms with Crippen LogP contribution in [0.15, 0.2) is 59.7 Å². The normalized spacial score (nSPS) is 16.7. The number of halogens is 2. The molecule has 1 amide bonds. The average molecular weight is 506 g/mol. The Morgan fingerprint density at radius 1 is 1.11 bits per heavy atom. The highest BCUT2D eigenvalue weighted by Gasteiger charge is 2.41. The summed E-state index contributed by atoms with van der Waals surface area (Å²) in [5, 5.41) is 4.53. The number of aromatic nitrogens is 4. The van der Waals surface area contributed by atoms with E-state index in [2.05, 4.69) is 10.1 Å². The Morgan fingerprint density at radius 2 is 1.83 bits per heavy atom. The molecule has 9 heteroatoms. The number of amides is 1. The van der Waals surface area contributed by atoms with Crippen LogP contribution in [-0.2, 0) is 0 Å². The first-order valence-electron chi connectivity index (χ1n) is 11.6. The third-order valence-corrected chi connectivity index (χ3v) is 6.98. The van der Waals surface area contributed by atoms with Gasteiger partial charge in [0.2, 0.25) is 0 Å². The first-order valence-corrected chi connectivity index (χ1v) is 12.0. The summed E-state index contributed by atoms with van der Waals surface area (Å²) in [7, 11) is 3.32. The van der Waals surface area contributed by atoms with Gasteiger partial charge in [0.1, 0.15) is 10.8 Å². The summed E-state index contributed by atoms with van der Waals surface area (Å²) in [6.45, 7) is 3.74. The molecule has 2 atom stereocenters. The number of hydrogen-bond acceptors (Lipinski definition) is 4. The van der Waals surface area contributed by atoms with Gasteiger partial charge in [-0.3, -0.25) is 14.2 Å². The van der Waals surface area contributed by atoms with Crippen molar-refractivity contribution in [2.75, 3.05) is 14.1 Å². The average Bonchev–Trinajstić information content (AvgIpc) is 3.49. The van der Waals surface area contributed by atoms with Crippen molar-refractivity contribution in [3.05, 3.63) is 104 Å². The molecule has 0 bridgehead atoms. The molecule has 7 nitrogen and oxygen atoms in total. The van der Waals surface area contributed by atoms with Crippen molar-refractivity contribution >= 4 is 17.5 Å². The van der Waals surface area contributed by atoms with Crippen molar-refractivity contribution in [1.82, 2.24) is 24.2 Å². The zero-order chi connectivity index (χ0) is 25.7. The second kappa shape index (κ2) is 9.02. The molecule has 1 aliphatic rings. The SMILES string of the molecule is Cc1cnc(-n2ccc(C(=O)N(C)C)n2)cc1-n1c(C)cc([C@H]2C[C@@H]2c2ccc(F)cc2)c(Cl)c1=O. The molecule has 0 aliphatic heterocycles. The van der Waals surface area contributed by atoms with E-state index in [9.17, 15) is 14.0 Å². The molecule has 5 rings (SSSR count). The van der Waals surface area contributed by atoms with E-state index in [0.29, 0.717) is 17.2 Å². The molecule has 0 spiro atoms. The van der Waals surface area contributed by atoms with E-state index in [-0.39, 0.29) is 34.1 Å². The predicted molar refractivity (Wildman–Crippen MR) is 136 cm³/mol. The number of pyridine rings is 2. The van der Waals surface area contributed by atoms with Gasteiger partial charge in [0.25, 0.3) is 11.5 Å². The quantitative estimate of drug-likeness (QED) is 0.390. The van der Waals surface area contributed by atoms with Crippen LogP contribution in [0.25, 0.3) is 11.5 Å². The minimum atomic E-state index is -0.305. The van der Waals surface area contributed by atoms with Gasteiger partial charge in [0, 0.05) is 38.2 Å². The third-order valence-electron chi connectivity index (χ3n) is 6.60. The highest BCUT2D eigenvalue weighted by Crippen LogP contribution is 2.55. The van der Waals surface area contributed by atoms with Gasteiger partial charge in [-0.25, -0.2) is 14.1 Å². The van der Waals surface area contributed by atoms with Gasteiger partial charge in [0.15, 0.2) is 11.5 Å². The van der Waals surface area contributed by atoms with E-state index in [1.165, 1.54) is 21.7 Å². The van der Waals surface area contributed by atoms with E-state index in [4.69, 9.17) is 11.6 Å². The summed E-state index contributed by atoms with van der Waals surface area (Å²) in [6.07, 6.45) is 4.19. The molecule has 1 aromatic carbocycles. The van der Waals surface area contributed by atoms with Gasteiger partial charge in [-0.1, -0.05) is 23.7 Å². The van der Waals surface area contributed by atoms with Crippen molar-refractivity contribution in [2.24, 2.45) is 0 Å². The van der Waals surface area contributed by atoms with Crippen LogP contribution >= 0.6 is 11.6 Å². The predicted octanol–water partition coefficient (Wildman–Crippen LogP) is 4.80. The van der Waals surface area contributed by atoms with E-state index in [1.54, 1.807) is 55.3 Å². The van der Waals surface area contributed by atoms with Crippen LogP contribution in [0.1, 0.15) is 51.1 Å². The molecule has 1 aliphatic carbocycles. The van der Waals surface area contributed by atoms with Crippen LogP contribution in [0, 0.1) is 19.7 Å². The third kappa shape index (κ3) is 4.22. The van der Waals surface area contributed by atoms with Crippen LogP contribution in [0.3, 0.4) is 0 Å². The number of aryl methyl sites for hydroxylation is 2. The van der Waals surface area contributed by atoms with Gasteiger partial charge in [0.05, 0.1) is 5.69 Å². The van der Waals surface area contributed by atoms with Crippen molar-refractivity contribution in [1.29, 1.82) is 0 Å². The van der Waals surface area contributed by atoms with E-state index in [1.807, 2.05) is 19.9 Å². The lowest BCUT2D eigenvalue weighted by molar-refractivity contribution is 0.0821. The van der Waals surface area contributed by atoms with Gasteiger partial charge in [-0.2, -0.15) is 5.10 Å². The summed E-state index contributed by atoms with van der Waals surface area (Å²) in [5.74, 6) is 0.323. The summed E-state index contributed by atoms with van der Waals surface area (Å²) < 4.78 is 16.4. The first kappa shape index (κ1) is 23.9. The number of carbonyl (C=O) groups excluding carboxylic acids is 1. The lowest BCUT2D eigenvalue weighted by Gasteiger charge is -2.16. The lowest BCUT2D eigenvalue weighted by atomic mass is 10.0. The van der Waals surface area contributed by atoms with Gasteiger partial charge < -0.3 is 4.90 Å². The van der Waals surface area contributed by atoms with Gasteiger partial charge in [-0.05, 0) is 73.1 Å². The van der Waals surface area contributed by atoms with Crippen LogP contribution in [0.2, 0.25) is 5.02 Å². The number of hydrogen-bond donors (Lipinski definition) is 0. The molecule has 36 heavy (non-hydrogen) atoms. The van der Waals surface area contributed by atoms with E-state index in [0.717, 1.165) is 28.8 Å². The summed E-state index contributed by atoms with van der Waals surface area (Å²) in [6, 6.07) is 11.8. The van der Waals surface area contributed by atoms with E-state index >= 15 is 0 Å². The number of nitrogens with zero attached hydrogens (tertiary/aromatic N) is 5. The molecule has 1 saturated carbocycles. The van der Waals surface area contributed by atoms with Crippen LogP contribution in [0.5, 0.6) is 0 Å². The smallest absolute Gasteiger partial charge is 0.274 e. The first-order chi connectivity index (χ1) is 17.2. The second-order valence-electron chi connectivity index (χ2n) is 9.37. The minimum Gasteiger partial charge on any atom is -0.343 e. The molecular formula is C27H25ClFN5O2. The molecule has 0 N–H and O–H groups in total. The zero-order valence-electron chi connectivity index (χ0n) is 20.4. The fraction of sp³-hybridized carbons (Fsp3) is 0.259. The molecule has 0 unspecified atom stereocenters. The standard InChI is InChI=1S/C27H25ClFN5O2/c1-15-14-30-24(33-10-9-22(31-33)26(35)32(3)4)13-23(15)34-16(2)11-21(25(28)27(34)36)20-12-19(20)17-5-7-18(29)8-6-17/h5-11,13-14,19-20H,12H2,1-4H3/t19-,20+/m1/s1. The van der Waals surface area contributed by atoms with Crippen molar-refractivity contribution in [3.8, 4) is 11.5 Å². The molecular weight excluding hydrogens is 481 g/mol. The maximum absolute atomic E-state index is 13.5. The summed E-state index contributed by atoms with van der Waals surface area (Å²) in [4.78, 5) is 31.6. The Labute approximate surface area is 212 Å². The molecule has 3 aromatic heterocycles. The van der Waals surface area contributed by atoms with Crippen LogP contribution < -0.4 is 5.56 Å². The van der Waals surface area contributed by atoms with Crippen molar-refractivity contribution in [3.63, 3.8) is 0 Å². The Kier molecular flexibility index (Phi) is 6.00. The molecule has 0 radical (unpaired) electrons. The number of rotatable bonds is 5. The summed E-state index contributed by atoms with van der Waals surface area (Å²) >= 11 is 6.64. The van der Waals surface area contributed by atoms with Crippen molar-refractivity contribution < 1.29 is 9.18 Å². The Morgan fingerprint density at radius 3 is 2.53 bits per heavy atom. The van der Waals surface area contributed by atoms with Gasteiger partial charge in [-0.15, -0.1) is 0 Å². The maximum Gasteiger partial charge on any atom is 0.274 e. The molecule has 1 fully saturated rings. The monoisotopic (exact) mass is 505 g/mol. The van der Waals surface area contributed by atoms with Crippen molar-refractivity contribution in [2.45, 2.75) is 32.1 Å². The number of carbonyl (C=O) groups is 1. The van der Waals surface area contributed by atoms with Crippen LogP contribution in [0.4, 0.5) is 4.39 Å². The molecule has 184 valence electrons. The highest BCUT2D eigenvalue weighted by atomic mass is 35.5. The summed E-state index contributed by atoms with van der Waals surface area (Å²) in [5.41, 5.74) is 4.02. The molecule has 4 aromatic rings. The molecule has 0 saturated heterocycles. The fourth-order valence-electron chi connectivity index (χ4n) is 4.58. The van der Waals surface area contributed by atoms with Crippen LogP contribution in [-0.4, -0.2) is 44.2 Å². The Bertz CT molecular complexity index is 1540. The zero-order valence-corrected chi connectivity index (χ0v) is 21.1. The Hall–Kier alpha value is -3.78. The largest absolute Gasteiger partial charge is 0.343 e. The maximum atomic E-state index is 13.5. The Balaban J connectivity index is 1.50. The minimum absolute atomic E-state index is 0.120. The van der Waals surface area contributed by atoms with Gasteiger partial charge >= 0.3 is 0 Å². The molecule has 3 heterocycles. The fourth-order valence-corrected chi connectivity index (χ4v) is 4.86. The topological polar surface area (TPSA) is 73.0 Å². The lowest BCUT2D eigenvalue weighted by Crippen LogP contribution is -2.24.